The molecular formula is C22H30N2O3S. The topological polar surface area (TPSA) is 51.8 Å². The maximum atomic E-state index is 5.71. The van der Waals surface area contributed by atoms with Gasteiger partial charge in [0.15, 0.2) is 16.6 Å². The van der Waals surface area contributed by atoms with E-state index in [1.807, 2.05) is 70.2 Å². The van der Waals surface area contributed by atoms with E-state index in [2.05, 4.69) is 17.6 Å². The summed E-state index contributed by atoms with van der Waals surface area (Å²) in [5.74, 6) is 2.34. The van der Waals surface area contributed by atoms with Gasteiger partial charge in [-0.25, -0.2) is 0 Å². The number of hydrogen-bond acceptors (Lipinski definition) is 4. The molecule has 0 aromatic heterocycles. The SMILES string of the molecule is CCOc1ccc(C(C)NC(=S)Nc2ccc(OC(C)C)cc2)cc1OCC. The Morgan fingerprint density at radius 2 is 1.57 bits per heavy atom. The van der Waals surface area contributed by atoms with Crippen molar-refractivity contribution in [3.63, 3.8) is 0 Å². The van der Waals surface area contributed by atoms with Crippen LogP contribution in [0.25, 0.3) is 0 Å². The molecule has 0 heterocycles. The van der Waals surface area contributed by atoms with Gasteiger partial charge in [-0.05, 0) is 88.8 Å². The van der Waals surface area contributed by atoms with Crippen molar-refractivity contribution in [3.8, 4) is 17.2 Å². The maximum absolute atomic E-state index is 5.71. The van der Waals surface area contributed by atoms with Crippen LogP contribution in [-0.4, -0.2) is 24.4 Å². The van der Waals surface area contributed by atoms with E-state index in [9.17, 15) is 0 Å². The molecule has 2 aromatic rings. The Hall–Kier alpha value is -2.47. The molecule has 28 heavy (non-hydrogen) atoms. The van der Waals surface area contributed by atoms with Crippen LogP contribution in [0.1, 0.15) is 46.2 Å². The average molecular weight is 403 g/mol. The lowest BCUT2D eigenvalue weighted by atomic mass is 10.1. The van der Waals surface area contributed by atoms with Gasteiger partial charge in [-0.15, -0.1) is 0 Å². The molecule has 0 saturated carbocycles. The Morgan fingerprint density at radius 3 is 2.18 bits per heavy atom. The first-order valence-electron chi connectivity index (χ1n) is 9.66. The lowest BCUT2D eigenvalue weighted by Gasteiger charge is -2.19. The summed E-state index contributed by atoms with van der Waals surface area (Å²) < 4.78 is 17.0. The van der Waals surface area contributed by atoms with Crippen LogP contribution in [0.15, 0.2) is 42.5 Å². The molecule has 1 unspecified atom stereocenters. The van der Waals surface area contributed by atoms with Crippen molar-refractivity contribution in [1.29, 1.82) is 0 Å². The van der Waals surface area contributed by atoms with Gasteiger partial charge in [0.2, 0.25) is 0 Å². The number of ether oxygens (including phenoxy) is 3. The lowest BCUT2D eigenvalue weighted by molar-refractivity contribution is 0.242. The predicted octanol–water partition coefficient (Wildman–Crippen LogP) is 5.32. The van der Waals surface area contributed by atoms with Gasteiger partial charge in [-0.1, -0.05) is 6.07 Å². The minimum absolute atomic E-state index is 0.0124. The molecule has 0 saturated heterocycles. The van der Waals surface area contributed by atoms with Crippen LogP contribution in [0.3, 0.4) is 0 Å². The summed E-state index contributed by atoms with van der Waals surface area (Å²) >= 11 is 5.46. The van der Waals surface area contributed by atoms with E-state index in [1.54, 1.807) is 0 Å². The second-order valence-electron chi connectivity index (χ2n) is 6.58. The lowest BCUT2D eigenvalue weighted by Crippen LogP contribution is -2.30. The zero-order valence-corrected chi connectivity index (χ0v) is 18.1. The van der Waals surface area contributed by atoms with E-state index >= 15 is 0 Å². The van der Waals surface area contributed by atoms with Gasteiger partial charge < -0.3 is 24.8 Å². The fourth-order valence-corrected chi connectivity index (χ4v) is 2.97. The highest BCUT2D eigenvalue weighted by Crippen LogP contribution is 2.30. The van der Waals surface area contributed by atoms with E-state index in [1.165, 1.54) is 0 Å². The Morgan fingerprint density at radius 1 is 0.929 bits per heavy atom. The van der Waals surface area contributed by atoms with Gasteiger partial charge in [0.1, 0.15) is 5.75 Å². The molecule has 0 aliphatic carbocycles. The number of hydrogen-bond donors (Lipinski definition) is 2. The van der Waals surface area contributed by atoms with Crippen molar-refractivity contribution in [2.24, 2.45) is 0 Å². The van der Waals surface area contributed by atoms with Crippen molar-refractivity contribution in [3.05, 3.63) is 48.0 Å². The van der Waals surface area contributed by atoms with E-state index in [-0.39, 0.29) is 12.1 Å². The van der Waals surface area contributed by atoms with Gasteiger partial charge in [0, 0.05) is 5.69 Å². The van der Waals surface area contributed by atoms with E-state index in [4.69, 9.17) is 26.4 Å². The normalized spacial score (nSPS) is 11.6. The first-order valence-corrected chi connectivity index (χ1v) is 10.1. The van der Waals surface area contributed by atoms with Gasteiger partial charge in [0.05, 0.1) is 25.4 Å². The largest absolute Gasteiger partial charge is 0.491 e. The second-order valence-corrected chi connectivity index (χ2v) is 6.99. The predicted molar refractivity (Wildman–Crippen MR) is 119 cm³/mol. The molecular weight excluding hydrogens is 372 g/mol. The van der Waals surface area contributed by atoms with Crippen molar-refractivity contribution in [1.82, 2.24) is 5.32 Å². The summed E-state index contributed by atoms with van der Waals surface area (Å²) in [5.41, 5.74) is 1.97. The summed E-state index contributed by atoms with van der Waals surface area (Å²) in [6.07, 6.45) is 0.151. The molecule has 0 radical (unpaired) electrons. The van der Waals surface area contributed by atoms with Crippen LogP contribution >= 0.6 is 12.2 Å². The highest BCUT2D eigenvalue weighted by Gasteiger charge is 2.12. The zero-order chi connectivity index (χ0) is 20.5. The summed E-state index contributed by atoms with van der Waals surface area (Å²) in [6, 6.07) is 13.7. The minimum Gasteiger partial charge on any atom is -0.491 e. The van der Waals surface area contributed by atoms with Crippen molar-refractivity contribution in [2.45, 2.75) is 46.8 Å². The number of anilines is 1. The molecule has 2 N–H and O–H groups in total. The Bertz CT molecular complexity index is 763. The summed E-state index contributed by atoms with van der Waals surface area (Å²) in [5, 5.41) is 7.06. The molecule has 0 spiro atoms. The molecule has 0 aliphatic rings. The fourth-order valence-electron chi connectivity index (χ4n) is 2.67. The van der Waals surface area contributed by atoms with E-state index in [0.717, 1.165) is 28.5 Å². The standard InChI is InChI=1S/C22H30N2O3S/c1-6-25-20-13-8-17(14-21(20)26-7-2)16(5)23-22(28)24-18-9-11-19(12-10-18)27-15(3)4/h8-16H,6-7H2,1-5H3,(H2,23,24,28). The van der Waals surface area contributed by atoms with Gasteiger partial charge in [-0.3, -0.25) is 0 Å². The van der Waals surface area contributed by atoms with Crippen molar-refractivity contribution < 1.29 is 14.2 Å². The number of nitrogens with one attached hydrogen (secondary N) is 2. The van der Waals surface area contributed by atoms with Crippen LogP contribution < -0.4 is 24.8 Å². The Labute approximate surface area is 173 Å². The monoisotopic (exact) mass is 402 g/mol. The molecule has 6 heteroatoms. The van der Waals surface area contributed by atoms with E-state index < -0.39 is 0 Å². The number of benzene rings is 2. The number of thiocarbonyl (C=S) groups is 1. The third-order valence-electron chi connectivity index (χ3n) is 3.90. The summed E-state index contributed by atoms with van der Waals surface area (Å²) in [7, 11) is 0. The first-order chi connectivity index (χ1) is 13.4. The third-order valence-corrected chi connectivity index (χ3v) is 4.12. The Kier molecular flexibility index (Phi) is 8.39. The highest BCUT2D eigenvalue weighted by atomic mass is 32.1. The molecule has 1 atom stereocenters. The molecule has 2 aromatic carbocycles. The van der Waals surface area contributed by atoms with Gasteiger partial charge in [-0.2, -0.15) is 0 Å². The van der Waals surface area contributed by atoms with Crippen LogP contribution in [0.4, 0.5) is 5.69 Å². The quantitative estimate of drug-likeness (QED) is 0.554. The van der Waals surface area contributed by atoms with Crippen LogP contribution in [0, 0.1) is 0 Å². The highest BCUT2D eigenvalue weighted by molar-refractivity contribution is 7.80. The number of rotatable bonds is 9. The van der Waals surface area contributed by atoms with Crippen LogP contribution in [0.2, 0.25) is 0 Å². The summed E-state index contributed by atoms with van der Waals surface area (Å²) in [4.78, 5) is 0. The fraction of sp³-hybridized carbons (Fsp3) is 0.409. The average Bonchev–Trinajstić information content (AvgIpc) is 2.64. The second kappa shape index (κ2) is 10.8. The van der Waals surface area contributed by atoms with Crippen molar-refractivity contribution >= 4 is 23.0 Å². The Balaban J connectivity index is 1.98. The molecule has 0 fully saturated rings. The third kappa shape index (κ3) is 6.60. The first kappa shape index (κ1) is 21.8. The van der Waals surface area contributed by atoms with Gasteiger partial charge in [0.25, 0.3) is 0 Å². The van der Waals surface area contributed by atoms with E-state index in [0.29, 0.717) is 18.3 Å². The molecule has 5 nitrogen and oxygen atoms in total. The smallest absolute Gasteiger partial charge is 0.171 e. The minimum atomic E-state index is 0.0124. The summed E-state index contributed by atoms with van der Waals surface area (Å²) in [6.45, 7) is 11.2. The maximum Gasteiger partial charge on any atom is 0.171 e. The molecule has 2 rings (SSSR count). The van der Waals surface area contributed by atoms with Crippen LogP contribution in [-0.2, 0) is 0 Å². The van der Waals surface area contributed by atoms with Crippen molar-refractivity contribution in [2.75, 3.05) is 18.5 Å². The molecule has 0 bridgehead atoms. The molecule has 0 aliphatic heterocycles. The van der Waals surface area contributed by atoms with Crippen LogP contribution in [0.5, 0.6) is 17.2 Å². The zero-order valence-electron chi connectivity index (χ0n) is 17.2. The molecule has 0 amide bonds. The van der Waals surface area contributed by atoms with Gasteiger partial charge >= 0.3 is 0 Å². The molecule has 152 valence electrons.